The normalized spacial score (nSPS) is 14.8. The molecule has 7 heteroatoms. The number of rotatable bonds is 5. The van der Waals surface area contributed by atoms with Crippen molar-refractivity contribution in [2.75, 3.05) is 47.5 Å². The van der Waals surface area contributed by atoms with Gasteiger partial charge < -0.3 is 24.0 Å². The first kappa shape index (κ1) is 19.9. The van der Waals surface area contributed by atoms with Crippen molar-refractivity contribution in [2.24, 2.45) is 5.92 Å². The lowest BCUT2D eigenvalue weighted by Crippen LogP contribution is -2.39. The number of hydrogen-bond acceptors (Lipinski definition) is 5. The zero-order valence-electron chi connectivity index (χ0n) is 16.2. The first-order valence-corrected chi connectivity index (χ1v) is 8.81. The monoisotopic (exact) mass is 364 g/mol. The van der Waals surface area contributed by atoms with Crippen LogP contribution in [0.15, 0.2) is 12.1 Å². The van der Waals surface area contributed by atoms with Gasteiger partial charge in [-0.25, -0.2) is 0 Å². The van der Waals surface area contributed by atoms with Crippen LogP contribution in [0.25, 0.3) is 0 Å². The number of nitrogens with zero attached hydrogens (tertiary/aromatic N) is 2. The molecule has 1 aromatic carbocycles. The van der Waals surface area contributed by atoms with Gasteiger partial charge in [-0.3, -0.25) is 9.59 Å². The minimum absolute atomic E-state index is 0.0348. The molecule has 1 aromatic rings. The van der Waals surface area contributed by atoms with Crippen LogP contribution in [0.4, 0.5) is 0 Å². The first-order chi connectivity index (χ1) is 12.4. The zero-order valence-corrected chi connectivity index (χ0v) is 16.2. The molecule has 0 N–H and O–H groups in total. The number of amides is 2. The van der Waals surface area contributed by atoms with Gasteiger partial charge in [-0.2, -0.15) is 0 Å². The first-order valence-electron chi connectivity index (χ1n) is 8.81. The summed E-state index contributed by atoms with van der Waals surface area (Å²) in [6.07, 6.45) is 0.759. The van der Waals surface area contributed by atoms with Crippen LogP contribution in [0, 0.1) is 5.92 Å². The summed E-state index contributed by atoms with van der Waals surface area (Å²) in [4.78, 5) is 28.8. The molecule has 1 heterocycles. The minimum Gasteiger partial charge on any atom is -0.493 e. The highest BCUT2D eigenvalue weighted by Gasteiger charge is 2.25. The fraction of sp³-hybridized carbons (Fsp3) is 0.579. The molecular formula is C19H28N2O5. The van der Waals surface area contributed by atoms with Crippen LogP contribution in [0.1, 0.15) is 30.6 Å². The van der Waals surface area contributed by atoms with Crippen molar-refractivity contribution in [3.63, 3.8) is 0 Å². The van der Waals surface area contributed by atoms with Gasteiger partial charge in [-0.1, -0.05) is 13.8 Å². The van der Waals surface area contributed by atoms with E-state index in [1.54, 1.807) is 17.0 Å². The van der Waals surface area contributed by atoms with E-state index >= 15 is 0 Å². The highest BCUT2D eigenvalue weighted by Crippen LogP contribution is 2.38. The van der Waals surface area contributed by atoms with Gasteiger partial charge in [0.1, 0.15) is 0 Å². The number of ether oxygens (including phenoxy) is 3. The number of methoxy groups -OCH3 is 3. The molecule has 0 atom stereocenters. The van der Waals surface area contributed by atoms with Crippen molar-refractivity contribution >= 4 is 11.8 Å². The Balaban J connectivity index is 2.20. The lowest BCUT2D eigenvalue weighted by Gasteiger charge is -2.24. The van der Waals surface area contributed by atoms with Crippen molar-refractivity contribution in [3.8, 4) is 17.2 Å². The van der Waals surface area contributed by atoms with Crippen molar-refractivity contribution in [3.05, 3.63) is 17.7 Å². The van der Waals surface area contributed by atoms with E-state index in [0.717, 1.165) is 6.42 Å². The molecule has 1 aliphatic heterocycles. The fourth-order valence-corrected chi connectivity index (χ4v) is 3.09. The molecule has 0 saturated carbocycles. The summed E-state index contributed by atoms with van der Waals surface area (Å²) in [6.45, 7) is 6.13. The molecule has 1 fully saturated rings. The van der Waals surface area contributed by atoms with Gasteiger partial charge in [-0.15, -0.1) is 0 Å². The summed E-state index contributed by atoms with van der Waals surface area (Å²) >= 11 is 0. The zero-order chi connectivity index (χ0) is 19.3. The Labute approximate surface area is 154 Å². The molecular weight excluding hydrogens is 336 g/mol. The lowest BCUT2D eigenvalue weighted by atomic mass is 10.1. The Morgan fingerprint density at radius 1 is 0.885 bits per heavy atom. The van der Waals surface area contributed by atoms with Crippen molar-refractivity contribution < 1.29 is 23.8 Å². The van der Waals surface area contributed by atoms with Gasteiger partial charge in [0, 0.05) is 37.7 Å². The maximum Gasteiger partial charge on any atom is 0.254 e. The van der Waals surface area contributed by atoms with Crippen LogP contribution in [0.2, 0.25) is 0 Å². The molecule has 144 valence electrons. The van der Waals surface area contributed by atoms with Gasteiger partial charge >= 0.3 is 0 Å². The summed E-state index contributed by atoms with van der Waals surface area (Å²) in [5.41, 5.74) is 0.475. The number of carbonyl (C=O) groups is 2. The van der Waals surface area contributed by atoms with Crippen LogP contribution >= 0.6 is 0 Å². The summed E-state index contributed by atoms with van der Waals surface area (Å²) < 4.78 is 16.0. The summed E-state index contributed by atoms with van der Waals surface area (Å²) in [5.74, 6) is 1.34. The van der Waals surface area contributed by atoms with Gasteiger partial charge in [0.25, 0.3) is 5.91 Å². The van der Waals surface area contributed by atoms with E-state index in [-0.39, 0.29) is 17.7 Å². The third-order valence-electron chi connectivity index (χ3n) is 4.50. The van der Waals surface area contributed by atoms with Crippen LogP contribution in [0.3, 0.4) is 0 Å². The maximum absolute atomic E-state index is 13.0. The Morgan fingerprint density at radius 2 is 1.42 bits per heavy atom. The van der Waals surface area contributed by atoms with E-state index in [1.165, 1.54) is 21.3 Å². The van der Waals surface area contributed by atoms with Crippen molar-refractivity contribution in [1.29, 1.82) is 0 Å². The van der Waals surface area contributed by atoms with E-state index in [0.29, 0.717) is 49.0 Å². The summed E-state index contributed by atoms with van der Waals surface area (Å²) in [6, 6.07) is 3.32. The van der Waals surface area contributed by atoms with Gasteiger partial charge in [-0.05, 0) is 18.6 Å². The van der Waals surface area contributed by atoms with Crippen LogP contribution in [0.5, 0.6) is 17.2 Å². The molecule has 1 saturated heterocycles. The van der Waals surface area contributed by atoms with Crippen molar-refractivity contribution in [2.45, 2.75) is 20.3 Å². The van der Waals surface area contributed by atoms with Gasteiger partial charge in [0.2, 0.25) is 11.7 Å². The molecule has 0 radical (unpaired) electrons. The molecule has 2 rings (SSSR count). The predicted molar refractivity (Wildman–Crippen MR) is 98.0 cm³/mol. The second kappa shape index (κ2) is 8.78. The smallest absolute Gasteiger partial charge is 0.254 e. The number of benzene rings is 1. The average molecular weight is 364 g/mol. The third-order valence-corrected chi connectivity index (χ3v) is 4.50. The van der Waals surface area contributed by atoms with E-state index in [2.05, 4.69) is 0 Å². The minimum atomic E-state index is -0.108. The quantitative estimate of drug-likeness (QED) is 0.800. The number of carbonyl (C=O) groups excluding carboxylic acids is 2. The van der Waals surface area contributed by atoms with Gasteiger partial charge in [0.05, 0.1) is 21.3 Å². The SMILES string of the molecule is COc1cc(C(=O)N2CCCN(C(=O)C(C)C)CC2)cc(OC)c1OC. The molecule has 0 bridgehead atoms. The van der Waals surface area contributed by atoms with Crippen LogP contribution < -0.4 is 14.2 Å². The molecule has 26 heavy (non-hydrogen) atoms. The van der Waals surface area contributed by atoms with Gasteiger partial charge in [0.15, 0.2) is 11.5 Å². The van der Waals surface area contributed by atoms with Crippen LogP contribution in [-0.4, -0.2) is 69.1 Å². The topological polar surface area (TPSA) is 68.3 Å². The second-order valence-corrected chi connectivity index (χ2v) is 6.54. The average Bonchev–Trinajstić information content (AvgIpc) is 2.91. The maximum atomic E-state index is 13.0. The van der Waals surface area contributed by atoms with Crippen molar-refractivity contribution in [1.82, 2.24) is 9.80 Å². The predicted octanol–water partition coefficient (Wildman–Crippen LogP) is 2.04. The largest absolute Gasteiger partial charge is 0.493 e. The highest BCUT2D eigenvalue weighted by molar-refractivity contribution is 5.95. The van der Waals surface area contributed by atoms with E-state index < -0.39 is 0 Å². The Hall–Kier alpha value is -2.44. The van der Waals surface area contributed by atoms with E-state index in [9.17, 15) is 9.59 Å². The second-order valence-electron chi connectivity index (χ2n) is 6.54. The standard InChI is InChI=1S/C19H28N2O5/c1-13(2)18(22)20-7-6-8-21(10-9-20)19(23)14-11-15(24-3)17(26-5)16(12-14)25-4/h11-13H,6-10H2,1-5H3. The molecule has 0 aromatic heterocycles. The lowest BCUT2D eigenvalue weighted by molar-refractivity contribution is -0.134. The Morgan fingerprint density at radius 3 is 1.92 bits per heavy atom. The highest BCUT2D eigenvalue weighted by atomic mass is 16.5. The van der Waals surface area contributed by atoms with E-state index in [1.807, 2.05) is 18.7 Å². The molecule has 0 spiro atoms. The molecule has 1 aliphatic rings. The Kier molecular flexibility index (Phi) is 6.71. The molecule has 7 nitrogen and oxygen atoms in total. The fourth-order valence-electron chi connectivity index (χ4n) is 3.09. The summed E-state index contributed by atoms with van der Waals surface area (Å²) in [5, 5.41) is 0. The molecule has 0 unspecified atom stereocenters. The van der Waals surface area contributed by atoms with E-state index in [4.69, 9.17) is 14.2 Å². The molecule has 0 aliphatic carbocycles. The molecule has 2 amide bonds. The third kappa shape index (κ3) is 4.20. The van der Waals surface area contributed by atoms with Crippen LogP contribution in [-0.2, 0) is 4.79 Å². The summed E-state index contributed by atoms with van der Waals surface area (Å²) in [7, 11) is 4.57. The number of hydrogen-bond donors (Lipinski definition) is 0. The Bertz CT molecular complexity index is 634.